The van der Waals surface area contributed by atoms with Gasteiger partial charge in [0.2, 0.25) is 5.95 Å². The van der Waals surface area contributed by atoms with Crippen LogP contribution >= 0.6 is 0 Å². The quantitative estimate of drug-likeness (QED) is 0.311. The van der Waals surface area contributed by atoms with E-state index in [1.807, 2.05) is 0 Å². The molecular formula is C26H23F2N7O2. The second-order valence-corrected chi connectivity index (χ2v) is 8.57. The van der Waals surface area contributed by atoms with Crippen LogP contribution < -0.4 is 10.1 Å². The van der Waals surface area contributed by atoms with E-state index in [4.69, 9.17) is 4.74 Å². The molecule has 2 aromatic carbocycles. The zero-order valence-corrected chi connectivity index (χ0v) is 20.3. The van der Waals surface area contributed by atoms with Crippen molar-refractivity contribution in [1.29, 1.82) is 0 Å². The van der Waals surface area contributed by atoms with Crippen molar-refractivity contribution < 1.29 is 18.3 Å². The van der Waals surface area contributed by atoms with Crippen LogP contribution in [0.5, 0.6) is 5.75 Å². The number of carbonyl (C=O) groups excluding carboxylic acids is 1. The molecule has 188 valence electrons. The maximum absolute atomic E-state index is 15.0. The number of aromatic nitrogens is 6. The second kappa shape index (κ2) is 9.76. The summed E-state index contributed by atoms with van der Waals surface area (Å²) in [7, 11) is 4.90. The van der Waals surface area contributed by atoms with Gasteiger partial charge in [0.25, 0.3) is 0 Å². The number of ketones is 1. The van der Waals surface area contributed by atoms with Gasteiger partial charge >= 0.3 is 0 Å². The molecule has 0 bridgehead atoms. The third-order valence-electron chi connectivity index (χ3n) is 6.13. The average Bonchev–Trinajstić information content (AvgIpc) is 3.49. The molecule has 0 saturated heterocycles. The van der Waals surface area contributed by atoms with Crippen LogP contribution in [0.1, 0.15) is 33.8 Å². The minimum atomic E-state index is -0.610. The molecule has 0 amide bonds. The van der Waals surface area contributed by atoms with Crippen molar-refractivity contribution in [3.05, 3.63) is 89.5 Å². The summed E-state index contributed by atoms with van der Waals surface area (Å²) in [4.78, 5) is 22.0. The van der Waals surface area contributed by atoms with Crippen molar-refractivity contribution in [2.24, 2.45) is 14.1 Å². The van der Waals surface area contributed by atoms with Crippen LogP contribution in [0, 0.1) is 11.6 Å². The Kier molecular flexibility index (Phi) is 6.34. The molecule has 0 spiro atoms. The van der Waals surface area contributed by atoms with Gasteiger partial charge in [-0.1, -0.05) is 6.07 Å². The highest BCUT2D eigenvalue weighted by molar-refractivity contribution is 6.00. The number of methoxy groups -OCH3 is 1. The van der Waals surface area contributed by atoms with E-state index in [0.717, 1.165) is 5.56 Å². The predicted molar refractivity (Wildman–Crippen MR) is 133 cm³/mol. The lowest BCUT2D eigenvalue weighted by Gasteiger charge is -2.17. The number of hydrogen-bond donors (Lipinski definition) is 1. The third-order valence-corrected chi connectivity index (χ3v) is 6.13. The topological polar surface area (TPSA) is 99.8 Å². The monoisotopic (exact) mass is 503 g/mol. The molecule has 1 atom stereocenters. The summed E-state index contributed by atoms with van der Waals surface area (Å²) in [6, 6.07) is 9.02. The second-order valence-electron chi connectivity index (χ2n) is 8.57. The van der Waals surface area contributed by atoms with Crippen molar-refractivity contribution >= 4 is 28.5 Å². The number of benzene rings is 2. The number of halogens is 2. The molecule has 0 aliphatic rings. The molecule has 9 nitrogen and oxygen atoms in total. The molecule has 0 fully saturated rings. The maximum Gasteiger partial charge on any atom is 0.228 e. The van der Waals surface area contributed by atoms with Gasteiger partial charge in [0, 0.05) is 50.5 Å². The Morgan fingerprint density at radius 1 is 1.05 bits per heavy atom. The number of ether oxygens (including phenoxy) is 1. The molecule has 0 aliphatic carbocycles. The van der Waals surface area contributed by atoms with Crippen LogP contribution in [-0.4, -0.2) is 42.4 Å². The summed E-state index contributed by atoms with van der Waals surface area (Å²) in [5.74, 6) is -0.991. The number of fused-ring (bicyclic) bond motifs is 1. The fourth-order valence-corrected chi connectivity index (χ4v) is 4.18. The molecule has 11 heteroatoms. The normalized spacial score (nSPS) is 12.0. The SMILES string of the molecule is COc1ccc([C@H](CC(=O)c2cc(F)c3cnc(Nc4ccnn4C)nc3c2)c2cnn(C)c2)cc1F. The number of nitrogens with zero attached hydrogens (tertiary/aromatic N) is 6. The van der Waals surface area contributed by atoms with Crippen molar-refractivity contribution in [3.8, 4) is 5.75 Å². The van der Waals surface area contributed by atoms with Gasteiger partial charge in [-0.05, 0) is 35.4 Å². The molecule has 37 heavy (non-hydrogen) atoms. The Morgan fingerprint density at radius 2 is 1.89 bits per heavy atom. The standard InChI is InChI=1S/C26H23F2N7O2/c1-34-14-17(12-31-34)18(15-4-5-24(37-3)21(28)8-15)11-23(36)16-9-20(27)19-13-29-26(32-22(19)10-16)33-25-6-7-30-35(25)2/h4-10,12-14,18H,11H2,1-3H3,(H,29,32,33)/t18-/m0/s1. The smallest absolute Gasteiger partial charge is 0.228 e. The van der Waals surface area contributed by atoms with Crippen LogP contribution in [0.25, 0.3) is 10.9 Å². The highest BCUT2D eigenvalue weighted by Gasteiger charge is 2.23. The summed E-state index contributed by atoms with van der Waals surface area (Å²) in [5, 5.41) is 11.5. The molecular weight excluding hydrogens is 480 g/mol. The molecule has 1 N–H and O–H groups in total. The Balaban J connectivity index is 1.48. The van der Waals surface area contributed by atoms with Gasteiger partial charge in [-0.2, -0.15) is 10.2 Å². The largest absolute Gasteiger partial charge is 0.494 e. The van der Waals surface area contributed by atoms with Crippen molar-refractivity contribution in [2.75, 3.05) is 12.4 Å². The lowest BCUT2D eigenvalue weighted by molar-refractivity contribution is 0.0977. The van der Waals surface area contributed by atoms with Crippen LogP contribution in [0.4, 0.5) is 20.5 Å². The Bertz CT molecular complexity index is 1610. The number of rotatable bonds is 8. The fourth-order valence-electron chi connectivity index (χ4n) is 4.18. The summed E-state index contributed by atoms with van der Waals surface area (Å²) < 4.78 is 37.7. The van der Waals surface area contributed by atoms with Crippen LogP contribution in [0.3, 0.4) is 0 Å². The van der Waals surface area contributed by atoms with E-state index in [1.54, 1.807) is 54.2 Å². The van der Waals surface area contributed by atoms with Gasteiger partial charge in [0.15, 0.2) is 17.3 Å². The number of carbonyl (C=O) groups is 1. The first-order chi connectivity index (χ1) is 17.8. The maximum atomic E-state index is 15.0. The summed E-state index contributed by atoms with van der Waals surface area (Å²) in [5.41, 5.74) is 1.73. The first-order valence-electron chi connectivity index (χ1n) is 11.4. The average molecular weight is 504 g/mol. The Labute approximate surface area is 210 Å². The zero-order chi connectivity index (χ0) is 26.1. The van der Waals surface area contributed by atoms with Gasteiger partial charge in [0.1, 0.15) is 11.6 Å². The predicted octanol–water partition coefficient (Wildman–Crippen LogP) is 4.53. The van der Waals surface area contributed by atoms with Gasteiger partial charge < -0.3 is 10.1 Å². The van der Waals surface area contributed by atoms with E-state index in [1.165, 1.54) is 37.6 Å². The molecule has 0 radical (unpaired) electrons. The van der Waals surface area contributed by atoms with Crippen LogP contribution in [0.15, 0.2) is 61.2 Å². The summed E-state index contributed by atoms with van der Waals surface area (Å²) in [6.07, 6.45) is 6.35. The van der Waals surface area contributed by atoms with E-state index in [-0.39, 0.29) is 40.4 Å². The number of aryl methyl sites for hydroxylation is 2. The van der Waals surface area contributed by atoms with E-state index in [2.05, 4.69) is 25.5 Å². The molecule has 3 aromatic heterocycles. The zero-order valence-electron chi connectivity index (χ0n) is 20.3. The number of nitrogens with one attached hydrogen (secondary N) is 1. The molecule has 0 aliphatic heterocycles. The van der Waals surface area contributed by atoms with Gasteiger partial charge in [-0.25, -0.2) is 18.7 Å². The first-order valence-corrected chi connectivity index (χ1v) is 11.4. The minimum absolute atomic E-state index is 0.0341. The van der Waals surface area contributed by atoms with E-state index in [0.29, 0.717) is 11.4 Å². The van der Waals surface area contributed by atoms with E-state index in [9.17, 15) is 13.6 Å². The molecule has 5 aromatic rings. The van der Waals surface area contributed by atoms with Gasteiger partial charge in [-0.15, -0.1) is 0 Å². The van der Waals surface area contributed by atoms with Crippen molar-refractivity contribution in [2.45, 2.75) is 12.3 Å². The lowest BCUT2D eigenvalue weighted by Crippen LogP contribution is -2.10. The summed E-state index contributed by atoms with van der Waals surface area (Å²) in [6.45, 7) is 0. The summed E-state index contributed by atoms with van der Waals surface area (Å²) >= 11 is 0. The van der Waals surface area contributed by atoms with Crippen molar-refractivity contribution in [3.63, 3.8) is 0 Å². The van der Waals surface area contributed by atoms with Crippen LogP contribution in [-0.2, 0) is 14.1 Å². The number of anilines is 2. The fraction of sp³-hybridized carbons (Fsp3) is 0.192. The Hall–Kier alpha value is -4.67. The van der Waals surface area contributed by atoms with E-state index >= 15 is 0 Å². The van der Waals surface area contributed by atoms with Crippen LogP contribution in [0.2, 0.25) is 0 Å². The van der Waals surface area contributed by atoms with Gasteiger partial charge in [0.05, 0.1) is 30.4 Å². The lowest BCUT2D eigenvalue weighted by atomic mass is 9.87. The first kappa shape index (κ1) is 24.0. The molecule has 5 rings (SSSR count). The minimum Gasteiger partial charge on any atom is -0.494 e. The number of Topliss-reactive ketones (excluding diaryl/α,β-unsaturated/α-hetero) is 1. The Morgan fingerprint density at radius 3 is 2.57 bits per heavy atom. The third kappa shape index (κ3) is 4.88. The highest BCUT2D eigenvalue weighted by Crippen LogP contribution is 2.32. The molecule has 3 heterocycles. The highest BCUT2D eigenvalue weighted by atomic mass is 19.1. The molecule has 0 unspecified atom stereocenters. The van der Waals surface area contributed by atoms with Gasteiger partial charge in [-0.3, -0.25) is 14.2 Å². The van der Waals surface area contributed by atoms with E-state index < -0.39 is 17.6 Å². The molecule has 0 saturated carbocycles. The van der Waals surface area contributed by atoms with Crippen molar-refractivity contribution in [1.82, 2.24) is 29.5 Å². The number of hydrogen-bond acceptors (Lipinski definition) is 7.